The Bertz CT molecular complexity index is 447. The van der Waals surface area contributed by atoms with E-state index in [1.165, 1.54) is 12.0 Å². The normalized spacial score (nSPS) is 24.8. The molecule has 1 amide bonds. The third-order valence-electron chi connectivity index (χ3n) is 4.62. The summed E-state index contributed by atoms with van der Waals surface area (Å²) in [6, 6.07) is 10.6. The second kappa shape index (κ2) is 4.97. The predicted octanol–water partition coefficient (Wildman–Crippen LogP) is 1.93. The minimum absolute atomic E-state index is 0.215. The summed E-state index contributed by atoms with van der Waals surface area (Å²) in [7, 11) is 1.98. The van der Waals surface area contributed by atoms with Crippen LogP contribution in [0.15, 0.2) is 30.3 Å². The van der Waals surface area contributed by atoms with Crippen molar-refractivity contribution < 1.29 is 4.79 Å². The van der Waals surface area contributed by atoms with Crippen molar-refractivity contribution in [2.45, 2.75) is 37.1 Å². The van der Waals surface area contributed by atoms with Crippen LogP contribution in [-0.4, -0.2) is 37.0 Å². The number of carbonyl (C=O) groups excluding carboxylic acids is 1. The van der Waals surface area contributed by atoms with Crippen molar-refractivity contribution in [3.8, 4) is 0 Å². The Labute approximate surface area is 115 Å². The number of amides is 1. The second-order valence-corrected chi connectivity index (χ2v) is 5.86. The number of rotatable bonds is 3. The van der Waals surface area contributed by atoms with E-state index in [2.05, 4.69) is 17.4 Å². The Balaban J connectivity index is 1.76. The van der Waals surface area contributed by atoms with Gasteiger partial charge in [0.2, 0.25) is 5.91 Å². The van der Waals surface area contributed by atoms with Crippen LogP contribution < -0.4 is 5.32 Å². The van der Waals surface area contributed by atoms with Crippen LogP contribution in [0.1, 0.15) is 31.2 Å². The molecule has 3 nitrogen and oxygen atoms in total. The van der Waals surface area contributed by atoms with Crippen molar-refractivity contribution in [2.24, 2.45) is 0 Å². The van der Waals surface area contributed by atoms with Gasteiger partial charge in [-0.3, -0.25) is 4.79 Å². The van der Waals surface area contributed by atoms with Gasteiger partial charge < -0.3 is 10.2 Å². The fourth-order valence-corrected chi connectivity index (χ4v) is 3.18. The van der Waals surface area contributed by atoms with Crippen LogP contribution in [0, 0.1) is 0 Å². The van der Waals surface area contributed by atoms with E-state index >= 15 is 0 Å². The lowest BCUT2D eigenvalue weighted by Gasteiger charge is -2.34. The molecule has 1 heterocycles. The number of nitrogens with one attached hydrogen (secondary N) is 1. The van der Waals surface area contributed by atoms with Gasteiger partial charge in [0, 0.05) is 19.6 Å². The first kappa shape index (κ1) is 12.7. The number of hydrogen-bond donors (Lipinski definition) is 1. The predicted molar refractivity (Wildman–Crippen MR) is 76.0 cm³/mol. The van der Waals surface area contributed by atoms with Crippen LogP contribution in [0.25, 0.3) is 0 Å². The summed E-state index contributed by atoms with van der Waals surface area (Å²) in [5.74, 6) is 0.312. The summed E-state index contributed by atoms with van der Waals surface area (Å²) < 4.78 is 0. The highest BCUT2D eigenvalue weighted by atomic mass is 16.2. The molecular weight excluding hydrogens is 236 g/mol. The zero-order valence-electron chi connectivity index (χ0n) is 11.6. The summed E-state index contributed by atoms with van der Waals surface area (Å²) in [4.78, 5) is 14.8. The molecule has 1 aromatic carbocycles. The van der Waals surface area contributed by atoms with Gasteiger partial charge in [-0.2, -0.15) is 0 Å². The molecule has 1 saturated carbocycles. The lowest BCUT2D eigenvalue weighted by Crippen LogP contribution is -2.49. The largest absolute Gasteiger partial charge is 0.341 e. The smallest absolute Gasteiger partial charge is 0.233 e. The van der Waals surface area contributed by atoms with Crippen molar-refractivity contribution in [1.29, 1.82) is 0 Å². The average molecular weight is 258 g/mol. The van der Waals surface area contributed by atoms with Gasteiger partial charge in [0.1, 0.15) is 0 Å². The molecule has 1 aromatic rings. The van der Waals surface area contributed by atoms with Gasteiger partial charge in [0.25, 0.3) is 0 Å². The van der Waals surface area contributed by atoms with E-state index in [9.17, 15) is 4.79 Å². The first-order chi connectivity index (χ1) is 9.24. The molecule has 3 rings (SSSR count). The van der Waals surface area contributed by atoms with Crippen molar-refractivity contribution >= 4 is 5.91 Å². The molecule has 0 spiro atoms. The fourth-order valence-electron chi connectivity index (χ4n) is 3.18. The Kier molecular flexibility index (Phi) is 3.31. The number of piperidine rings is 1. The molecule has 2 fully saturated rings. The second-order valence-electron chi connectivity index (χ2n) is 5.86. The third-order valence-corrected chi connectivity index (χ3v) is 4.62. The van der Waals surface area contributed by atoms with Crippen LogP contribution in [0.4, 0.5) is 0 Å². The average Bonchev–Trinajstić information content (AvgIpc) is 3.29. The summed E-state index contributed by atoms with van der Waals surface area (Å²) in [5, 5.41) is 3.39. The van der Waals surface area contributed by atoms with Gasteiger partial charge in [-0.25, -0.2) is 0 Å². The highest BCUT2D eigenvalue weighted by Gasteiger charge is 2.53. The van der Waals surface area contributed by atoms with E-state index in [4.69, 9.17) is 0 Å². The maximum atomic E-state index is 12.8. The quantitative estimate of drug-likeness (QED) is 0.898. The Hall–Kier alpha value is -1.35. The van der Waals surface area contributed by atoms with E-state index in [0.717, 1.165) is 32.4 Å². The zero-order valence-corrected chi connectivity index (χ0v) is 11.6. The summed E-state index contributed by atoms with van der Waals surface area (Å²) in [6.45, 7) is 2.02. The highest BCUT2D eigenvalue weighted by Crippen LogP contribution is 2.49. The SMILES string of the molecule is CN(C(=O)C1(c2ccccc2)CC1)C1CCCNC1. The lowest BCUT2D eigenvalue weighted by atomic mass is 9.93. The van der Waals surface area contributed by atoms with E-state index in [-0.39, 0.29) is 5.41 Å². The molecule has 3 heteroatoms. The van der Waals surface area contributed by atoms with Crippen LogP contribution in [-0.2, 0) is 10.2 Å². The molecule has 1 atom stereocenters. The summed E-state index contributed by atoms with van der Waals surface area (Å²) >= 11 is 0. The van der Waals surface area contributed by atoms with E-state index < -0.39 is 0 Å². The monoisotopic (exact) mass is 258 g/mol. The van der Waals surface area contributed by atoms with Crippen molar-refractivity contribution in [1.82, 2.24) is 10.2 Å². The zero-order chi connectivity index (χ0) is 13.3. The van der Waals surface area contributed by atoms with Crippen LogP contribution in [0.2, 0.25) is 0 Å². The molecule has 1 aliphatic heterocycles. The van der Waals surface area contributed by atoms with E-state index in [0.29, 0.717) is 11.9 Å². The Morgan fingerprint density at radius 2 is 2.05 bits per heavy atom. The molecule has 19 heavy (non-hydrogen) atoms. The van der Waals surface area contributed by atoms with Crippen LogP contribution >= 0.6 is 0 Å². The maximum Gasteiger partial charge on any atom is 0.233 e. The van der Waals surface area contributed by atoms with Gasteiger partial charge in [0.05, 0.1) is 5.41 Å². The summed E-state index contributed by atoms with van der Waals surface area (Å²) in [6.07, 6.45) is 4.29. The van der Waals surface area contributed by atoms with Crippen molar-refractivity contribution in [3.63, 3.8) is 0 Å². The number of benzene rings is 1. The molecule has 1 saturated heterocycles. The van der Waals surface area contributed by atoms with Gasteiger partial charge in [-0.05, 0) is 37.8 Å². The molecule has 1 unspecified atom stereocenters. The van der Waals surface area contributed by atoms with Crippen LogP contribution in [0.3, 0.4) is 0 Å². The molecule has 102 valence electrons. The number of carbonyl (C=O) groups is 1. The minimum atomic E-state index is -0.215. The molecule has 2 aliphatic rings. The minimum Gasteiger partial charge on any atom is -0.341 e. The maximum absolute atomic E-state index is 12.8. The lowest BCUT2D eigenvalue weighted by molar-refractivity contribution is -0.135. The number of hydrogen-bond acceptors (Lipinski definition) is 2. The molecule has 0 bridgehead atoms. The van der Waals surface area contributed by atoms with Gasteiger partial charge in [-0.15, -0.1) is 0 Å². The summed E-state index contributed by atoms with van der Waals surface area (Å²) in [5.41, 5.74) is 0.976. The highest BCUT2D eigenvalue weighted by molar-refractivity contribution is 5.91. The van der Waals surface area contributed by atoms with Gasteiger partial charge >= 0.3 is 0 Å². The van der Waals surface area contributed by atoms with Gasteiger partial charge in [-0.1, -0.05) is 30.3 Å². The molecule has 0 aromatic heterocycles. The molecule has 1 N–H and O–H groups in total. The van der Waals surface area contributed by atoms with E-state index in [1.54, 1.807) is 0 Å². The Morgan fingerprint density at radius 3 is 2.63 bits per heavy atom. The molecule has 1 aliphatic carbocycles. The van der Waals surface area contributed by atoms with Crippen molar-refractivity contribution in [3.05, 3.63) is 35.9 Å². The molecule has 0 radical (unpaired) electrons. The number of nitrogens with zero attached hydrogens (tertiary/aromatic N) is 1. The first-order valence-electron chi connectivity index (χ1n) is 7.27. The Morgan fingerprint density at radius 1 is 1.32 bits per heavy atom. The standard InChI is InChI=1S/C16H22N2O/c1-18(14-8-5-11-17-12-14)15(19)16(9-10-16)13-6-3-2-4-7-13/h2-4,6-7,14,17H,5,8-12H2,1H3. The van der Waals surface area contributed by atoms with E-state index in [1.807, 2.05) is 30.1 Å². The first-order valence-corrected chi connectivity index (χ1v) is 7.27. The fraction of sp³-hybridized carbons (Fsp3) is 0.562. The topological polar surface area (TPSA) is 32.3 Å². The molecular formula is C16H22N2O. The third kappa shape index (κ3) is 2.27. The van der Waals surface area contributed by atoms with Gasteiger partial charge in [0.15, 0.2) is 0 Å². The number of likely N-dealkylation sites (N-methyl/N-ethyl adjacent to an activating group) is 1. The van der Waals surface area contributed by atoms with Crippen LogP contribution in [0.5, 0.6) is 0 Å². The van der Waals surface area contributed by atoms with Crippen molar-refractivity contribution in [2.75, 3.05) is 20.1 Å².